The zero-order valence-corrected chi connectivity index (χ0v) is 18.7. The average Bonchev–Trinajstić information content (AvgIpc) is 3.10. The number of anilines is 1. The lowest BCUT2D eigenvalue weighted by Crippen LogP contribution is -2.22. The first-order valence-electron chi connectivity index (χ1n) is 9.61. The van der Waals surface area contributed by atoms with Gasteiger partial charge in [-0.15, -0.1) is 0 Å². The first-order chi connectivity index (χ1) is 14.2. The molecule has 1 amide bonds. The lowest BCUT2D eigenvalue weighted by atomic mass is 9.92. The van der Waals surface area contributed by atoms with Gasteiger partial charge in [0.1, 0.15) is 0 Å². The normalized spacial score (nSPS) is 11.3. The third kappa shape index (κ3) is 4.77. The van der Waals surface area contributed by atoms with Crippen LogP contribution in [-0.2, 0) is 9.53 Å². The van der Waals surface area contributed by atoms with Crippen molar-refractivity contribution in [2.24, 2.45) is 0 Å². The number of nitrogens with zero attached hydrogens (tertiary/aromatic N) is 2. The Kier molecular flexibility index (Phi) is 6.68. The number of amides is 1. The van der Waals surface area contributed by atoms with Crippen LogP contribution >= 0.6 is 23.2 Å². The summed E-state index contributed by atoms with van der Waals surface area (Å²) in [6.07, 6.45) is 3.04. The van der Waals surface area contributed by atoms with E-state index >= 15 is 0 Å². The molecule has 2 heterocycles. The Balaban J connectivity index is 1.72. The summed E-state index contributed by atoms with van der Waals surface area (Å²) in [5.41, 5.74) is 3.26. The predicted molar refractivity (Wildman–Crippen MR) is 119 cm³/mol. The van der Waals surface area contributed by atoms with E-state index in [1.54, 1.807) is 6.20 Å². The molecule has 0 aliphatic carbocycles. The second kappa shape index (κ2) is 9.06. The number of nitrogens with one attached hydrogen (secondary N) is 1. The van der Waals surface area contributed by atoms with Crippen molar-refractivity contribution in [3.05, 3.63) is 63.5 Å². The number of fused-ring (bicyclic) bond motifs is 1. The Morgan fingerprint density at radius 2 is 1.73 bits per heavy atom. The van der Waals surface area contributed by atoms with E-state index in [1.165, 1.54) is 16.7 Å². The molecule has 0 unspecified atom stereocenters. The summed E-state index contributed by atoms with van der Waals surface area (Å²) in [6.45, 7) is 7.84. The van der Waals surface area contributed by atoms with Crippen LogP contribution in [0.4, 0.5) is 5.69 Å². The third-order valence-electron chi connectivity index (χ3n) is 4.65. The Morgan fingerprint density at radius 3 is 2.33 bits per heavy atom. The fraction of sp³-hybridized carbons (Fsp3) is 0.318. The van der Waals surface area contributed by atoms with Gasteiger partial charge in [0.05, 0.1) is 10.0 Å². The number of rotatable bonds is 6. The van der Waals surface area contributed by atoms with E-state index in [1.807, 2.05) is 18.2 Å². The Labute approximate surface area is 185 Å². The van der Waals surface area contributed by atoms with Crippen molar-refractivity contribution in [3.63, 3.8) is 0 Å². The number of ether oxygens (including phenoxy) is 1. The zero-order valence-electron chi connectivity index (χ0n) is 17.2. The Morgan fingerprint density at radius 1 is 1.10 bits per heavy atom. The van der Waals surface area contributed by atoms with Crippen LogP contribution in [0.2, 0.25) is 10.0 Å². The molecular weight excluding hydrogens is 425 g/mol. The SMILES string of the molecule is CC(C)c1cccc(C(C)C)c1NC(=O)COC(=O)c1cn2cc(Cl)cc(Cl)c2n1. The third-order valence-corrected chi connectivity index (χ3v) is 5.14. The van der Waals surface area contributed by atoms with Gasteiger partial charge in [-0.25, -0.2) is 9.78 Å². The summed E-state index contributed by atoms with van der Waals surface area (Å²) in [6, 6.07) is 7.50. The van der Waals surface area contributed by atoms with Crippen LogP contribution in [0, 0.1) is 0 Å². The summed E-state index contributed by atoms with van der Waals surface area (Å²) in [4.78, 5) is 29.0. The molecular formula is C22H23Cl2N3O3. The second-order valence-corrected chi connectivity index (χ2v) is 8.45. The average molecular weight is 448 g/mol. The van der Waals surface area contributed by atoms with Gasteiger partial charge in [-0.3, -0.25) is 4.79 Å². The van der Waals surface area contributed by atoms with E-state index in [9.17, 15) is 9.59 Å². The highest BCUT2D eigenvalue weighted by atomic mass is 35.5. The molecule has 6 nitrogen and oxygen atoms in total. The molecule has 0 atom stereocenters. The van der Waals surface area contributed by atoms with Crippen LogP contribution in [0.1, 0.15) is 61.1 Å². The van der Waals surface area contributed by atoms with Crippen molar-refractivity contribution >= 4 is 46.4 Å². The van der Waals surface area contributed by atoms with Gasteiger partial charge >= 0.3 is 5.97 Å². The van der Waals surface area contributed by atoms with Gasteiger partial charge in [-0.05, 0) is 29.0 Å². The van der Waals surface area contributed by atoms with Gasteiger partial charge in [-0.1, -0.05) is 69.1 Å². The molecule has 30 heavy (non-hydrogen) atoms. The number of aromatic nitrogens is 2. The quantitative estimate of drug-likeness (QED) is 0.493. The second-order valence-electron chi connectivity index (χ2n) is 7.61. The molecule has 0 fully saturated rings. The van der Waals surface area contributed by atoms with Crippen molar-refractivity contribution in [2.75, 3.05) is 11.9 Å². The first kappa shape index (κ1) is 22.1. The number of esters is 1. The Hall–Kier alpha value is -2.57. The fourth-order valence-corrected chi connectivity index (χ4v) is 3.73. The molecule has 0 saturated carbocycles. The molecule has 0 bridgehead atoms. The summed E-state index contributed by atoms with van der Waals surface area (Å²) in [7, 11) is 0. The standard InChI is InChI=1S/C22H23Cl2N3O3/c1-12(2)15-6-5-7-16(13(3)4)20(15)26-19(28)11-30-22(29)18-10-27-9-14(23)8-17(24)21(27)25-18/h5-10,12-13H,11H2,1-4H3,(H,26,28). The van der Waals surface area contributed by atoms with Gasteiger partial charge < -0.3 is 14.5 Å². The van der Waals surface area contributed by atoms with Crippen LogP contribution in [-0.4, -0.2) is 27.9 Å². The van der Waals surface area contributed by atoms with Crippen molar-refractivity contribution in [1.82, 2.24) is 9.38 Å². The van der Waals surface area contributed by atoms with Gasteiger partial charge in [0.25, 0.3) is 5.91 Å². The van der Waals surface area contributed by atoms with E-state index < -0.39 is 18.5 Å². The summed E-state index contributed by atoms with van der Waals surface area (Å²) in [5.74, 6) is -0.669. The largest absolute Gasteiger partial charge is 0.451 e. The lowest BCUT2D eigenvalue weighted by Gasteiger charge is -2.20. The van der Waals surface area contributed by atoms with E-state index in [0.29, 0.717) is 15.7 Å². The van der Waals surface area contributed by atoms with Gasteiger partial charge in [0, 0.05) is 18.1 Å². The molecule has 3 aromatic rings. The van der Waals surface area contributed by atoms with Gasteiger partial charge in [0.2, 0.25) is 0 Å². The van der Waals surface area contributed by atoms with Crippen LogP contribution < -0.4 is 5.32 Å². The molecule has 0 radical (unpaired) electrons. The summed E-state index contributed by atoms with van der Waals surface area (Å²) >= 11 is 12.1. The van der Waals surface area contributed by atoms with Crippen LogP contribution in [0.5, 0.6) is 0 Å². The number of imidazole rings is 1. The van der Waals surface area contributed by atoms with Crippen LogP contribution in [0.25, 0.3) is 5.65 Å². The lowest BCUT2D eigenvalue weighted by molar-refractivity contribution is -0.119. The first-order valence-corrected chi connectivity index (χ1v) is 10.4. The molecule has 0 spiro atoms. The number of benzene rings is 1. The molecule has 3 rings (SSSR count). The highest BCUT2D eigenvalue weighted by Crippen LogP contribution is 2.32. The monoisotopic (exact) mass is 447 g/mol. The minimum Gasteiger partial charge on any atom is -0.451 e. The number of hydrogen-bond donors (Lipinski definition) is 1. The number of hydrogen-bond acceptors (Lipinski definition) is 4. The molecule has 0 aliphatic heterocycles. The number of carbonyl (C=O) groups is 2. The number of para-hydroxylation sites is 1. The van der Waals surface area contributed by atoms with E-state index in [-0.39, 0.29) is 17.5 Å². The van der Waals surface area contributed by atoms with Gasteiger partial charge in [-0.2, -0.15) is 0 Å². The van der Waals surface area contributed by atoms with Crippen LogP contribution in [0.15, 0.2) is 36.7 Å². The number of carbonyl (C=O) groups excluding carboxylic acids is 2. The van der Waals surface area contributed by atoms with E-state index in [0.717, 1.165) is 16.8 Å². The topological polar surface area (TPSA) is 72.7 Å². The van der Waals surface area contributed by atoms with Crippen molar-refractivity contribution in [1.29, 1.82) is 0 Å². The number of pyridine rings is 1. The van der Waals surface area contributed by atoms with Crippen molar-refractivity contribution < 1.29 is 14.3 Å². The van der Waals surface area contributed by atoms with Crippen LogP contribution in [0.3, 0.4) is 0 Å². The minimum absolute atomic E-state index is 0.0393. The highest BCUT2D eigenvalue weighted by molar-refractivity contribution is 6.36. The fourth-order valence-electron chi connectivity index (χ4n) is 3.20. The zero-order chi connectivity index (χ0) is 22.0. The number of halogens is 2. The van der Waals surface area contributed by atoms with Crippen molar-refractivity contribution in [2.45, 2.75) is 39.5 Å². The summed E-state index contributed by atoms with van der Waals surface area (Å²) in [5, 5.41) is 3.63. The Bertz CT molecular complexity index is 1080. The van der Waals surface area contributed by atoms with E-state index in [2.05, 4.69) is 38.0 Å². The molecule has 1 N–H and O–H groups in total. The van der Waals surface area contributed by atoms with Crippen molar-refractivity contribution in [3.8, 4) is 0 Å². The molecule has 8 heteroatoms. The maximum absolute atomic E-state index is 12.5. The predicted octanol–water partition coefficient (Wildman–Crippen LogP) is 5.68. The maximum atomic E-state index is 12.5. The molecule has 2 aromatic heterocycles. The smallest absolute Gasteiger partial charge is 0.359 e. The highest BCUT2D eigenvalue weighted by Gasteiger charge is 2.19. The minimum atomic E-state index is -0.720. The molecule has 0 saturated heterocycles. The molecule has 158 valence electrons. The summed E-state index contributed by atoms with van der Waals surface area (Å²) < 4.78 is 6.70. The maximum Gasteiger partial charge on any atom is 0.359 e. The molecule has 1 aromatic carbocycles. The van der Waals surface area contributed by atoms with Gasteiger partial charge in [0.15, 0.2) is 17.9 Å². The van der Waals surface area contributed by atoms with E-state index in [4.69, 9.17) is 27.9 Å². The molecule has 0 aliphatic rings.